The number of anilines is 2. The van der Waals surface area contributed by atoms with Crippen molar-refractivity contribution in [1.82, 2.24) is 5.32 Å². The van der Waals surface area contributed by atoms with E-state index < -0.39 is 0 Å². The summed E-state index contributed by atoms with van der Waals surface area (Å²) in [4.78, 5) is 4.36. The summed E-state index contributed by atoms with van der Waals surface area (Å²) in [6, 6.07) is 19.6. The van der Waals surface area contributed by atoms with Crippen LogP contribution in [0.15, 0.2) is 54.6 Å². The molecule has 43 heavy (non-hydrogen) atoms. The largest absolute Gasteiger partial charge is 0.489 e. The molecule has 0 saturated carbocycles. The average molecular weight is 592 g/mol. The van der Waals surface area contributed by atoms with Gasteiger partial charge in [0, 0.05) is 69.6 Å². The Morgan fingerprint density at radius 1 is 0.814 bits per heavy atom. The van der Waals surface area contributed by atoms with Crippen molar-refractivity contribution in [1.29, 1.82) is 0 Å². The predicted octanol–water partition coefficient (Wildman–Crippen LogP) is 4.65. The number of nitrogens with one attached hydrogen (secondary N) is 1. The molecular weight excluding hydrogens is 546 g/mol. The van der Waals surface area contributed by atoms with Gasteiger partial charge in [-0.25, -0.2) is 0 Å². The molecule has 1 atom stereocenters. The quantitative estimate of drug-likeness (QED) is 0.331. The van der Waals surface area contributed by atoms with E-state index in [9.17, 15) is 0 Å². The van der Waals surface area contributed by atoms with E-state index in [1.165, 1.54) is 5.56 Å². The summed E-state index contributed by atoms with van der Waals surface area (Å²) in [7, 11) is 7.78. The minimum Gasteiger partial charge on any atom is -0.489 e. The molecule has 0 aromatic heterocycles. The lowest BCUT2D eigenvalue weighted by atomic mass is 9.82. The molecule has 0 fully saturated rings. The minimum absolute atomic E-state index is 0.0201. The molecule has 3 aromatic carbocycles. The van der Waals surface area contributed by atoms with Gasteiger partial charge >= 0.3 is 0 Å². The summed E-state index contributed by atoms with van der Waals surface area (Å²) in [6.45, 7) is 6.45. The summed E-state index contributed by atoms with van der Waals surface area (Å²) in [5, 5.41) is 3.25. The van der Waals surface area contributed by atoms with Crippen LogP contribution in [0.4, 0.5) is 11.4 Å². The van der Waals surface area contributed by atoms with Gasteiger partial charge in [0.05, 0.1) is 51.9 Å². The van der Waals surface area contributed by atoms with Crippen molar-refractivity contribution in [2.45, 2.75) is 12.5 Å². The second kappa shape index (κ2) is 15.4. The van der Waals surface area contributed by atoms with Crippen molar-refractivity contribution < 1.29 is 28.4 Å². The van der Waals surface area contributed by atoms with E-state index in [1.807, 2.05) is 21.1 Å². The van der Waals surface area contributed by atoms with Crippen molar-refractivity contribution in [3.05, 3.63) is 76.9 Å². The van der Waals surface area contributed by atoms with E-state index in [1.54, 1.807) is 7.11 Å². The van der Waals surface area contributed by atoms with Crippen LogP contribution in [0, 0.1) is 0 Å². The van der Waals surface area contributed by atoms with Gasteiger partial charge in [-0.15, -0.1) is 0 Å². The summed E-state index contributed by atoms with van der Waals surface area (Å²) in [5.41, 5.74) is 6.68. The highest BCUT2D eigenvalue weighted by atomic mass is 16.6. The molecule has 232 valence electrons. The van der Waals surface area contributed by atoms with Crippen LogP contribution in [0.2, 0.25) is 0 Å². The zero-order chi connectivity index (χ0) is 30.0. The van der Waals surface area contributed by atoms with Crippen LogP contribution in [0.5, 0.6) is 17.2 Å². The van der Waals surface area contributed by atoms with Crippen molar-refractivity contribution in [2.75, 3.05) is 104 Å². The molecule has 0 saturated heterocycles. The zero-order valence-corrected chi connectivity index (χ0v) is 25.9. The lowest BCUT2D eigenvalue weighted by Gasteiger charge is -2.31. The third kappa shape index (κ3) is 7.79. The number of nitrogens with zero attached hydrogens (tertiary/aromatic N) is 2. The van der Waals surface area contributed by atoms with E-state index in [-0.39, 0.29) is 5.92 Å². The van der Waals surface area contributed by atoms with Gasteiger partial charge in [0.2, 0.25) is 0 Å². The van der Waals surface area contributed by atoms with Crippen LogP contribution in [-0.4, -0.2) is 94.2 Å². The van der Waals surface area contributed by atoms with Gasteiger partial charge in [0.1, 0.15) is 23.9 Å². The first-order valence-electron chi connectivity index (χ1n) is 15.1. The first kappa shape index (κ1) is 31.1. The fraction of sp³-hybridized carbons (Fsp3) is 0.471. The Labute approximate surface area is 255 Å². The van der Waals surface area contributed by atoms with Crippen LogP contribution < -0.4 is 24.6 Å². The normalized spacial score (nSPS) is 17.8. The Morgan fingerprint density at radius 2 is 1.51 bits per heavy atom. The lowest BCUT2D eigenvalue weighted by Crippen LogP contribution is -2.31. The smallest absolute Gasteiger partial charge is 0.143 e. The van der Waals surface area contributed by atoms with Gasteiger partial charge in [-0.2, -0.15) is 0 Å². The van der Waals surface area contributed by atoms with Crippen LogP contribution in [-0.2, 0) is 25.5 Å². The summed E-state index contributed by atoms with van der Waals surface area (Å²) >= 11 is 0. The average Bonchev–Trinajstić information content (AvgIpc) is 3.02. The molecule has 2 aliphatic rings. The lowest BCUT2D eigenvalue weighted by molar-refractivity contribution is 0.0110. The predicted molar refractivity (Wildman–Crippen MR) is 169 cm³/mol. The summed E-state index contributed by atoms with van der Waals surface area (Å²) in [6.07, 6.45) is 0. The monoisotopic (exact) mass is 591 g/mol. The van der Waals surface area contributed by atoms with Crippen molar-refractivity contribution in [3.63, 3.8) is 0 Å². The van der Waals surface area contributed by atoms with Gasteiger partial charge < -0.3 is 43.5 Å². The molecule has 0 spiro atoms. The number of rotatable bonds is 7. The van der Waals surface area contributed by atoms with Crippen molar-refractivity contribution in [2.24, 2.45) is 0 Å². The Balaban J connectivity index is 1.56. The van der Waals surface area contributed by atoms with Gasteiger partial charge in [-0.3, -0.25) is 0 Å². The molecule has 1 N–H and O–H groups in total. The van der Waals surface area contributed by atoms with E-state index in [0.717, 1.165) is 51.9 Å². The number of hydrogen-bond donors (Lipinski definition) is 1. The number of hydrogen-bond acceptors (Lipinski definition) is 9. The molecule has 3 aromatic rings. The van der Waals surface area contributed by atoms with E-state index in [4.69, 9.17) is 28.4 Å². The van der Waals surface area contributed by atoms with Crippen LogP contribution in [0.3, 0.4) is 0 Å². The van der Waals surface area contributed by atoms with E-state index in [0.29, 0.717) is 65.9 Å². The Bertz CT molecular complexity index is 1330. The molecule has 5 rings (SSSR count). The SMILES string of the molecule is CNCc1ccc2c(c1)Oc1cc(N(C)C)ccc1C2c1ccc2c(c1)OCCOCCOCCOCCN2CCOC. The van der Waals surface area contributed by atoms with Crippen LogP contribution in [0.25, 0.3) is 0 Å². The van der Waals surface area contributed by atoms with Gasteiger partial charge in [-0.1, -0.05) is 24.3 Å². The third-order valence-electron chi connectivity index (χ3n) is 7.77. The number of fused-ring (bicyclic) bond motifs is 3. The second-order valence-corrected chi connectivity index (χ2v) is 10.9. The molecule has 0 bridgehead atoms. The highest BCUT2D eigenvalue weighted by molar-refractivity contribution is 5.66. The fourth-order valence-electron chi connectivity index (χ4n) is 5.56. The Hall–Kier alpha value is -3.34. The first-order chi connectivity index (χ1) is 21.1. The maximum atomic E-state index is 6.56. The maximum Gasteiger partial charge on any atom is 0.143 e. The van der Waals surface area contributed by atoms with Crippen LogP contribution in [0.1, 0.15) is 28.2 Å². The van der Waals surface area contributed by atoms with Crippen molar-refractivity contribution in [3.8, 4) is 17.2 Å². The molecule has 0 aliphatic carbocycles. The highest BCUT2D eigenvalue weighted by Gasteiger charge is 2.30. The van der Waals surface area contributed by atoms with Crippen molar-refractivity contribution >= 4 is 11.4 Å². The molecule has 2 aliphatic heterocycles. The first-order valence-corrected chi connectivity index (χ1v) is 15.1. The molecule has 9 heteroatoms. The van der Waals surface area contributed by atoms with Gasteiger partial charge in [-0.05, 0) is 42.4 Å². The molecule has 0 radical (unpaired) electrons. The van der Waals surface area contributed by atoms with Crippen LogP contribution >= 0.6 is 0 Å². The minimum atomic E-state index is -0.0201. The zero-order valence-electron chi connectivity index (χ0n) is 25.9. The standard InChI is InChI=1S/C34H45N3O6/c1-35-24-25-5-8-28-31(21-25)43-32-23-27(36(2)3)7-9-29(32)34(28)26-6-10-30-33(22-26)42-20-19-41-18-17-40-16-15-39-14-12-37(30)11-13-38-4/h5-10,21-23,34-35H,11-20,24H2,1-4H3. The van der Waals surface area contributed by atoms with E-state index in [2.05, 4.69) is 69.7 Å². The number of benzene rings is 3. The Kier molecular flexibility index (Phi) is 11.1. The fourth-order valence-corrected chi connectivity index (χ4v) is 5.56. The highest BCUT2D eigenvalue weighted by Crippen LogP contribution is 2.49. The van der Waals surface area contributed by atoms with Gasteiger partial charge in [0.15, 0.2) is 0 Å². The number of ether oxygens (including phenoxy) is 6. The molecule has 1 unspecified atom stereocenters. The number of methoxy groups -OCH3 is 1. The Morgan fingerprint density at radius 3 is 2.23 bits per heavy atom. The molecule has 9 nitrogen and oxygen atoms in total. The second-order valence-electron chi connectivity index (χ2n) is 10.9. The topological polar surface area (TPSA) is 73.9 Å². The maximum absolute atomic E-state index is 6.56. The van der Waals surface area contributed by atoms with E-state index >= 15 is 0 Å². The molecule has 2 heterocycles. The summed E-state index contributed by atoms with van der Waals surface area (Å²) < 4.78 is 35.7. The molecule has 0 amide bonds. The van der Waals surface area contributed by atoms with Gasteiger partial charge in [0.25, 0.3) is 0 Å². The summed E-state index contributed by atoms with van der Waals surface area (Å²) in [5.74, 6) is 2.55. The third-order valence-corrected chi connectivity index (χ3v) is 7.77. The molecular formula is C34H45N3O6.